The van der Waals surface area contributed by atoms with Crippen molar-refractivity contribution < 1.29 is 9.59 Å². The minimum Gasteiger partial charge on any atom is -0.353 e. The van der Waals surface area contributed by atoms with Crippen molar-refractivity contribution >= 4 is 22.7 Å². The molecule has 7 heteroatoms. The number of amides is 2. The lowest BCUT2D eigenvalue weighted by molar-refractivity contribution is -0.138. The van der Waals surface area contributed by atoms with E-state index in [-0.39, 0.29) is 18.4 Å². The van der Waals surface area contributed by atoms with E-state index in [9.17, 15) is 14.9 Å². The summed E-state index contributed by atoms with van der Waals surface area (Å²) < 4.78 is 1.92. The Labute approximate surface area is 157 Å². The van der Waals surface area contributed by atoms with Gasteiger partial charge in [0.1, 0.15) is 18.2 Å². The van der Waals surface area contributed by atoms with Crippen molar-refractivity contribution in [3.8, 4) is 6.07 Å². The minimum absolute atomic E-state index is 0.0226. The number of rotatable bonds is 2. The van der Waals surface area contributed by atoms with Gasteiger partial charge in [0, 0.05) is 37.3 Å². The summed E-state index contributed by atoms with van der Waals surface area (Å²) in [5.74, 6) is 0.0705. The number of nitrogens with one attached hydrogen (secondary N) is 2. The third-order valence-corrected chi connectivity index (χ3v) is 5.91. The third-order valence-electron chi connectivity index (χ3n) is 5.91. The molecule has 2 fully saturated rings. The molecule has 0 radical (unpaired) electrons. The van der Waals surface area contributed by atoms with Crippen LogP contribution in [0.1, 0.15) is 24.1 Å². The highest BCUT2D eigenvalue weighted by molar-refractivity contribution is 5.90. The van der Waals surface area contributed by atoms with Gasteiger partial charge in [-0.1, -0.05) is 18.2 Å². The summed E-state index contributed by atoms with van der Waals surface area (Å²) in [6.07, 6.45) is 1.25. The molecule has 0 atom stereocenters. The zero-order chi connectivity index (χ0) is 19.0. The number of hydrogen-bond acceptors (Lipinski definition) is 4. The van der Waals surface area contributed by atoms with Gasteiger partial charge in [0.05, 0.1) is 11.1 Å². The largest absolute Gasteiger partial charge is 0.353 e. The summed E-state index contributed by atoms with van der Waals surface area (Å²) in [5, 5.41) is 16.6. The van der Waals surface area contributed by atoms with Crippen LogP contribution in [-0.2, 0) is 16.1 Å². The summed E-state index contributed by atoms with van der Waals surface area (Å²) in [6, 6.07) is 9.94. The lowest BCUT2D eigenvalue weighted by atomic mass is 9.85. The Kier molecular flexibility index (Phi) is 4.36. The highest BCUT2D eigenvalue weighted by atomic mass is 16.2. The van der Waals surface area contributed by atoms with E-state index in [1.54, 1.807) is 0 Å². The van der Waals surface area contributed by atoms with E-state index in [1.807, 2.05) is 40.7 Å². The number of piperidine rings is 1. The molecule has 0 bridgehead atoms. The van der Waals surface area contributed by atoms with Crippen LogP contribution in [0.5, 0.6) is 0 Å². The number of nitriles is 1. The van der Waals surface area contributed by atoms with Crippen LogP contribution in [0.25, 0.3) is 10.9 Å². The van der Waals surface area contributed by atoms with Crippen LogP contribution in [0.2, 0.25) is 0 Å². The number of aromatic nitrogens is 1. The van der Waals surface area contributed by atoms with E-state index in [0.717, 1.165) is 23.1 Å². The van der Waals surface area contributed by atoms with Crippen LogP contribution < -0.4 is 10.6 Å². The van der Waals surface area contributed by atoms with Crippen molar-refractivity contribution in [3.05, 3.63) is 35.5 Å². The number of likely N-dealkylation sites (tertiary alicyclic amines) is 1. The fourth-order valence-corrected chi connectivity index (χ4v) is 4.28. The second-order valence-electron chi connectivity index (χ2n) is 7.32. The SMILES string of the molecule is Cc1c(C#N)c2ccccc2n1CC(=O)N1CCC2(CC1)NCCNC2=O. The summed E-state index contributed by atoms with van der Waals surface area (Å²) in [5.41, 5.74) is 1.81. The van der Waals surface area contributed by atoms with E-state index >= 15 is 0 Å². The van der Waals surface area contributed by atoms with Crippen LogP contribution >= 0.6 is 0 Å². The van der Waals surface area contributed by atoms with Crippen LogP contribution in [0.3, 0.4) is 0 Å². The lowest BCUT2D eigenvalue weighted by Crippen LogP contribution is -2.67. The molecular weight excluding hydrogens is 342 g/mol. The highest BCUT2D eigenvalue weighted by Crippen LogP contribution is 2.27. The van der Waals surface area contributed by atoms with E-state index in [0.29, 0.717) is 38.0 Å². The first-order chi connectivity index (χ1) is 13.1. The normalized spacial score (nSPS) is 19.1. The summed E-state index contributed by atoms with van der Waals surface area (Å²) in [4.78, 5) is 27.0. The highest BCUT2D eigenvalue weighted by Gasteiger charge is 2.43. The maximum absolute atomic E-state index is 12.9. The zero-order valence-corrected chi connectivity index (χ0v) is 15.4. The maximum atomic E-state index is 12.9. The van der Waals surface area contributed by atoms with Gasteiger partial charge in [-0.05, 0) is 25.8 Å². The lowest BCUT2D eigenvalue weighted by Gasteiger charge is -2.43. The van der Waals surface area contributed by atoms with Crippen LogP contribution in [0.4, 0.5) is 0 Å². The van der Waals surface area contributed by atoms with Gasteiger partial charge in [-0.25, -0.2) is 0 Å². The number of fused-ring (bicyclic) bond motifs is 1. The van der Waals surface area contributed by atoms with Gasteiger partial charge in [-0.15, -0.1) is 0 Å². The molecule has 27 heavy (non-hydrogen) atoms. The van der Waals surface area contributed by atoms with Gasteiger partial charge in [0.2, 0.25) is 11.8 Å². The number of benzene rings is 1. The average Bonchev–Trinajstić information content (AvgIpc) is 2.96. The van der Waals surface area contributed by atoms with E-state index in [1.165, 1.54) is 0 Å². The monoisotopic (exact) mass is 365 g/mol. The Bertz CT molecular complexity index is 947. The van der Waals surface area contributed by atoms with Gasteiger partial charge >= 0.3 is 0 Å². The number of carbonyl (C=O) groups excluding carboxylic acids is 2. The molecule has 2 aromatic rings. The van der Waals surface area contributed by atoms with Gasteiger partial charge in [0.15, 0.2) is 0 Å². The second-order valence-corrected chi connectivity index (χ2v) is 7.32. The van der Waals surface area contributed by atoms with Crippen LogP contribution in [0.15, 0.2) is 24.3 Å². The number of para-hydroxylation sites is 1. The van der Waals surface area contributed by atoms with E-state index < -0.39 is 5.54 Å². The first-order valence-electron chi connectivity index (χ1n) is 9.35. The van der Waals surface area contributed by atoms with Crippen molar-refractivity contribution in [3.63, 3.8) is 0 Å². The smallest absolute Gasteiger partial charge is 0.242 e. The Morgan fingerprint density at radius 1 is 1.26 bits per heavy atom. The standard InChI is InChI=1S/C20H23N5O2/c1-14-16(12-21)15-4-2-3-5-17(15)25(14)13-18(26)24-10-6-20(7-11-24)19(27)22-8-9-23-20/h2-5,23H,6-11,13H2,1H3,(H,22,27). The number of carbonyl (C=O) groups is 2. The predicted octanol–water partition coefficient (Wildman–Crippen LogP) is 0.902. The van der Waals surface area contributed by atoms with Crippen LogP contribution in [-0.4, -0.2) is 53.0 Å². The molecule has 1 spiro atoms. The fraction of sp³-hybridized carbons (Fsp3) is 0.450. The molecule has 140 valence electrons. The Morgan fingerprint density at radius 3 is 2.70 bits per heavy atom. The number of nitrogens with zero attached hydrogens (tertiary/aromatic N) is 3. The topological polar surface area (TPSA) is 90.2 Å². The van der Waals surface area contributed by atoms with Gasteiger partial charge in [-0.3, -0.25) is 9.59 Å². The molecular formula is C20H23N5O2. The molecule has 0 unspecified atom stereocenters. The average molecular weight is 365 g/mol. The summed E-state index contributed by atoms with van der Waals surface area (Å²) in [7, 11) is 0. The first kappa shape index (κ1) is 17.6. The predicted molar refractivity (Wildman–Crippen MR) is 101 cm³/mol. The molecule has 0 saturated carbocycles. The van der Waals surface area contributed by atoms with Gasteiger partial charge < -0.3 is 20.1 Å². The molecule has 1 aromatic carbocycles. The minimum atomic E-state index is -0.529. The Morgan fingerprint density at radius 2 is 2.00 bits per heavy atom. The van der Waals surface area contributed by atoms with Crippen LogP contribution in [0, 0.1) is 18.3 Å². The Balaban J connectivity index is 1.51. The fourth-order valence-electron chi connectivity index (χ4n) is 4.28. The van der Waals surface area contributed by atoms with Crippen molar-refractivity contribution in [2.45, 2.75) is 31.8 Å². The molecule has 2 aliphatic heterocycles. The summed E-state index contributed by atoms with van der Waals surface area (Å²) in [6.45, 7) is 4.63. The van der Waals surface area contributed by atoms with Crippen molar-refractivity contribution in [2.24, 2.45) is 0 Å². The molecule has 2 aliphatic rings. The molecule has 1 aromatic heterocycles. The van der Waals surface area contributed by atoms with Crippen molar-refractivity contribution in [2.75, 3.05) is 26.2 Å². The second kappa shape index (κ2) is 6.71. The zero-order valence-electron chi connectivity index (χ0n) is 15.4. The van der Waals surface area contributed by atoms with E-state index in [4.69, 9.17) is 0 Å². The molecule has 4 rings (SSSR count). The molecule has 0 aliphatic carbocycles. The molecule has 7 nitrogen and oxygen atoms in total. The number of piperazine rings is 1. The quantitative estimate of drug-likeness (QED) is 0.827. The number of hydrogen-bond donors (Lipinski definition) is 2. The third kappa shape index (κ3) is 2.86. The molecule has 2 N–H and O–H groups in total. The summed E-state index contributed by atoms with van der Waals surface area (Å²) >= 11 is 0. The van der Waals surface area contributed by atoms with Gasteiger partial charge in [0.25, 0.3) is 0 Å². The molecule has 3 heterocycles. The maximum Gasteiger partial charge on any atom is 0.242 e. The molecule has 2 amide bonds. The Hall–Kier alpha value is -2.85. The van der Waals surface area contributed by atoms with Crippen molar-refractivity contribution in [1.29, 1.82) is 5.26 Å². The molecule has 2 saturated heterocycles. The van der Waals surface area contributed by atoms with Gasteiger partial charge in [-0.2, -0.15) is 5.26 Å². The van der Waals surface area contributed by atoms with Crippen molar-refractivity contribution in [1.82, 2.24) is 20.1 Å². The first-order valence-corrected chi connectivity index (χ1v) is 9.35. The van der Waals surface area contributed by atoms with E-state index in [2.05, 4.69) is 16.7 Å².